The highest BCUT2D eigenvalue weighted by atomic mass is 35.5. The van der Waals surface area contributed by atoms with E-state index in [-0.39, 0.29) is 21.7 Å². The first-order valence-corrected chi connectivity index (χ1v) is 11.3. The molecule has 1 unspecified atom stereocenters. The molecule has 1 amide bonds. The summed E-state index contributed by atoms with van der Waals surface area (Å²) in [7, 11) is 0. The lowest BCUT2D eigenvalue weighted by Crippen LogP contribution is -2.15. The van der Waals surface area contributed by atoms with Crippen molar-refractivity contribution in [3.8, 4) is 5.75 Å². The number of hydrogen-bond donors (Lipinski definition) is 1. The van der Waals surface area contributed by atoms with Gasteiger partial charge in [0.15, 0.2) is 17.1 Å². The third-order valence-corrected chi connectivity index (χ3v) is 6.26. The number of aromatic nitrogens is 3. The summed E-state index contributed by atoms with van der Waals surface area (Å²) in [5.74, 6) is 0.290. The number of halogens is 4. The SMILES string of the molecule is CCn1c(SCC(=O)Nc2cccc(Cl)c2Cl)nnc1C(C)Oc1ccc(F)cc1Cl. The second-order valence-electron chi connectivity index (χ2n) is 6.36. The van der Waals surface area contributed by atoms with Crippen LogP contribution in [0.3, 0.4) is 0 Å². The van der Waals surface area contributed by atoms with Crippen LogP contribution in [0.15, 0.2) is 41.6 Å². The van der Waals surface area contributed by atoms with Crippen molar-refractivity contribution in [1.82, 2.24) is 14.8 Å². The van der Waals surface area contributed by atoms with Crippen LogP contribution >= 0.6 is 46.6 Å². The van der Waals surface area contributed by atoms with Crippen molar-refractivity contribution in [1.29, 1.82) is 0 Å². The minimum atomic E-state index is -0.496. The van der Waals surface area contributed by atoms with E-state index in [4.69, 9.17) is 39.5 Å². The fourth-order valence-electron chi connectivity index (χ4n) is 2.74. The monoisotopic (exact) mass is 502 g/mol. The molecular formula is C20H18Cl3FN4O2S. The Morgan fingerprint density at radius 1 is 1.23 bits per heavy atom. The van der Waals surface area contributed by atoms with E-state index in [1.165, 1.54) is 30.0 Å². The number of thioether (sulfide) groups is 1. The molecule has 1 atom stereocenters. The van der Waals surface area contributed by atoms with Crippen molar-refractivity contribution >= 4 is 58.2 Å². The summed E-state index contributed by atoms with van der Waals surface area (Å²) < 4.78 is 20.9. The van der Waals surface area contributed by atoms with Gasteiger partial charge in [-0.15, -0.1) is 10.2 Å². The molecule has 2 aromatic carbocycles. The third-order valence-electron chi connectivity index (χ3n) is 4.18. The Hall–Kier alpha value is -2.00. The third kappa shape index (κ3) is 5.83. The zero-order valence-electron chi connectivity index (χ0n) is 16.5. The van der Waals surface area contributed by atoms with Crippen LogP contribution < -0.4 is 10.1 Å². The van der Waals surface area contributed by atoms with Gasteiger partial charge < -0.3 is 14.6 Å². The molecule has 0 fully saturated rings. The second-order valence-corrected chi connectivity index (χ2v) is 8.49. The smallest absolute Gasteiger partial charge is 0.234 e. The van der Waals surface area contributed by atoms with E-state index >= 15 is 0 Å². The van der Waals surface area contributed by atoms with Gasteiger partial charge in [0.05, 0.1) is 26.5 Å². The first-order chi connectivity index (χ1) is 14.8. The van der Waals surface area contributed by atoms with E-state index in [0.717, 1.165) is 0 Å². The van der Waals surface area contributed by atoms with Gasteiger partial charge in [-0.2, -0.15) is 0 Å². The van der Waals surface area contributed by atoms with Crippen LogP contribution in [-0.4, -0.2) is 26.4 Å². The minimum absolute atomic E-state index is 0.0972. The van der Waals surface area contributed by atoms with Crippen molar-refractivity contribution < 1.29 is 13.9 Å². The molecular weight excluding hydrogens is 486 g/mol. The molecule has 0 aliphatic rings. The zero-order chi connectivity index (χ0) is 22.5. The number of ether oxygens (including phenoxy) is 1. The van der Waals surface area contributed by atoms with Gasteiger partial charge in [0, 0.05) is 6.54 Å². The number of carbonyl (C=O) groups is 1. The number of amides is 1. The molecule has 0 spiro atoms. The lowest BCUT2D eigenvalue weighted by atomic mass is 10.3. The predicted octanol–water partition coefficient (Wildman–Crippen LogP) is 6.27. The molecule has 31 heavy (non-hydrogen) atoms. The molecule has 0 radical (unpaired) electrons. The summed E-state index contributed by atoms with van der Waals surface area (Å²) >= 11 is 19.3. The molecule has 164 valence electrons. The average Bonchev–Trinajstić information content (AvgIpc) is 3.15. The maximum atomic E-state index is 13.2. The molecule has 1 aromatic heterocycles. The second kappa shape index (κ2) is 10.5. The van der Waals surface area contributed by atoms with Crippen LogP contribution in [0.4, 0.5) is 10.1 Å². The molecule has 0 saturated heterocycles. The minimum Gasteiger partial charge on any atom is -0.481 e. The first kappa shape index (κ1) is 23.7. The highest BCUT2D eigenvalue weighted by molar-refractivity contribution is 7.99. The highest BCUT2D eigenvalue weighted by Crippen LogP contribution is 2.31. The lowest BCUT2D eigenvalue weighted by Gasteiger charge is -2.16. The quantitative estimate of drug-likeness (QED) is 0.367. The topological polar surface area (TPSA) is 69.0 Å². The summed E-state index contributed by atoms with van der Waals surface area (Å²) in [4.78, 5) is 12.3. The van der Waals surface area contributed by atoms with Crippen LogP contribution in [0.1, 0.15) is 25.8 Å². The van der Waals surface area contributed by atoms with Crippen LogP contribution in [0.5, 0.6) is 5.75 Å². The van der Waals surface area contributed by atoms with E-state index in [9.17, 15) is 9.18 Å². The summed E-state index contributed by atoms with van der Waals surface area (Å²) in [5, 5.41) is 12.5. The number of nitrogens with zero attached hydrogens (tertiary/aromatic N) is 3. The van der Waals surface area contributed by atoms with E-state index in [0.29, 0.717) is 34.0 Å². The van der Waals surface area contributed by atoms with Crippen molar-refractivity contribution in [2.45, 2.75) is 31.7 Å². The van der Waals surface area contributed by atoms with Gasteiger partial charge in [0.2, 0.25) is 5.91 Å². The van der Waals surface area contributed by atoms with Crippen molar-refractivity contribution in [2.24, 2.45) is 0 Å². The molecule has 1 heterocycles. The Kier molecular flexibility index (Phi) is 8.05. The molecule has 0 bridgehead atoms. The maximum Gasteiger partial charge on any atom is 0.234 e. The predicted molar refractivity (Wildman–Crippen MR) is 122 cm³/mol. The number of hydrogen-bond acceptors (Lipinski definition) is 5. The van der Waals surface area contributed by atoms with Gasteiger partial charge in [-0.05, 0) is 44.2 Å². The summed E-state index contributed by atoms with van der Waals surface area (Å²) in [6.45, 7) is 4.29. The van der Waals surface area contributed by atoms with Gasteiger partial charge in [-0.1, -0.05) is 52.6 Å². The Morgan fingerprint density at radius 2 is 2.00 bits per heavy atom. The van der Waals surface area contributed by atoms with Gasteiger partial charge in [-0.25, -0.2) is 4.39 Å². The molecule has 6 nitrogen and oxygen atoms in total. The van der Waals surface area contributed by atoms with E-state index in [1.54, 1.807) is 25.1 Å². The Bertz CT molecular complexity index is 1100. The van der Waals surface area contributed by atoms with Crippen LogP contribution in [0.25, 0.3) is 0 Å². The number of nitrogens with one attached hydrogen (secondary N) is 1. The highest BCUT2D eigenvalue weighted by Gasteiger charge is 2.20. The van der Waals surface area contributed by atoms with E-state index in [2.05, 4.69) is 15.5 Å². The molecule has 0 saturated carbocycles. The number of carbonyl (C=O) groups excluding carboxylic acids is 1. The molecule has 1 N–H and O–H groups in total. The van der Waals surface area contributed by atoms with Crippen molar-refractivity contribution in [3.05, 3.63) is 63.1 Å². The van der Waals surface area contributed by atoms with Crippen molar-refractivity contribution in [3.63, 3.8) is 0 Å². The van der Waals surface area contributed by atoms with Crippen molar-refractivity contribution in [2.75, 3.05) is 11.1 Å². The molecule has 3 aromatic rings. The van der Waals surface area contributed by atoms with Crippen LogP contribution in [0, 0.1) is 5.82 Å². The first-order valence-electron chi connectivity index (χ1n) is 9.21. The Balaban J connectivity index is 1.66. The largest absolute Gasteiger partial charge is 0.481 e. The molecule has 3 rings (SSSR count). The molecule has 11 heteroatoms. The van der Waals surface area contributed by atoms with Gasteiger partial charge >= 0.3 is 0 Å². The summed E-state index contributed by atoms with van der Waals surface area (Å²) in [5.41, 5.74) is 0.440. The van der Waals surface area contributed by atoms with E-state index < -0.39 is 11.9 Å². The zero-order valence-corrected chi connectivity index (χ0v) is 19.6. The van der Waals surface area contributed by atoms with Crippen LogP contribution in [-0.2, 0) is 11.3 Å². The van der Waals surface area contributed by atoms with Gasteiger partial charge in [0.25, 0.3) is 0 Å². The van der Waals surface area contributed by atoms with Gasteiger partial charge in [0.1, 0.15) is 11.6 Å². The fraction of sp³-hybridized carbons (Fsp3) is 0.250. The van der Waals surface area contributed by atoms with Crippen LogP contribution in [0.2, 0.25) is 15.1 Å². The molecule has 0 aliphatic heterocycles. The summed E-state index contributed by atoms with van der Waals surface area (Å²) in [6, 6.07) is 8.92. The Morgan fingerprint density at radius 3 is 2.71 bits per heavy atom. The fourth-order valence-corrected chi connectivity index (χ4v) is 4.10. The van der Waals surface area contributed by atoms with Gasteiger partial charge in [-0.3, -0.25) is 4.79 Å². The standard InChI is InChI=1S/C20H18Cl3FN4O2S/c1-3-28-19(11(2)30-16-8-7-12(24)9-14(16)22)26-27-20(28)31-10-17(29)25-15-6-4-5-13(21)18(15)23/h4-9,11H,3,10H2,1-2H3,(H,25,29). The number of anilines is 1. The Labute approximate surface area is 198 Å². The average molecular weight is 504 g/mol. The summed E-state index contributed by atoms with van der Waals surface area (Å²) in [6.07, 6.45) is -0.496. The lowest BCUT2D eigenvalue weighted by molar-refractivity contribution is -0.113. The normalized spacial score (nSPS) is 11.9. The number of benzene rings is 2. The number of rotatable bonds is 8. The maximum absolute atomic E-state index is 13.2. The van der Waals surface area contributed by atoms with E-state index in [1.807, 2.05) is 11.5 Å². The molecule has 0 aliphatic carbocycles.